The van der Waals surface area contributed by atoms with E-state index in [0.29, 0.717) is 35.8 Å². The summed E-state index contributed by atoms with van der Waals surface area (Å²) >= 11 is 0. The lowest BCUT2D eigenvalue weighted by Crippen LogP contribution is -2.41. The van der Waals surface area contributed by atoms with E-state index < -0.39 is 11.4 Å². The van der Waals surface area contributed by atoms with E-state index in [9.17, 15) is 14.7 Å². The van der Waals surface area contributed by atoms with E-state index in [1.807, 2.05) is 0 Å². The molecule has 1 saturated carbocycles. The van der Waals surface area contributed by atoms with E-state index in [-0.39, 0.29) is 12.3 Å². The van der Waals surface area contributed by atoms with Gasteiger partial charge in [0.25, 0.3) is 0 Å². The molecular formula is C16H19N5O4. The van der Waals surface area contributed by atoms with Gasteiger partial charge in [0, 0.05) is 12.1 Å². The summed E-state index contributed by atoms with van der Waals surface area (Å²) in [5, 5.41) is 23.4. The third-order valence-corrected chi connectivity index (χ3v) is 4.58. The van der Waals surface area contributed by atoms with Gasteiger partial charge in [0.1, 0.15) is 11.4 Å². The molecule has 0 radical (unpaired) electrons. The highest BCUT2D eigenvalue weighted by Gasteiger charge is 2.45. The van der Waals surface area contributed by atoms with E-state index >= 15 is 0 Å². The van der Waals surface area contributed by atoms with Gasteiger partial charge in [-0.25, -0.2) is 0 Å². The average Bonchev–Trinajstić information content (AvgIpc) is 2.96. The number of aliphatic carboxylic acids is 1. The van der Waals surface area contributed by atoms with Crippen molar-refractivity contribution in [1.82, 2.24) is 20.2 Å². The lowest BCUT2D eigenvalue weighted by atomic mass is 9.66. The first-order chi connectivity index (χ1) is 11.9. The molecule has 1 fully saturated rings. The van der Waals surface area contributed by atoms with Crippen molar-refractivity contribution in [3.05, 3.63) is 24.0 Å². The second-order valence-electron chi connectivity index (χ2n) is 6.19. The van der Waals surface area contributed by atoms with Crippen molar-refractivity contribution in [1.29, 1.82) is 0 Å². The summed E-state index contributed by atoms with van der Waals surface area (Å²) in [5.74, 6) is -0.115. The van der Waals surface area contributed by atoms with Crippen molar-refractivity contribution in [3.8, 4) is 11.4 Å². The van der Waals surface area contributed by atoms with Gasteiger partial charge in [0.2, 0.25) is 5.91 Å². The first-order valence-corrected chi connectivity index (χ1v) is 7.92. The highest BCUT2D eigenvalue weighted by atomic mass is 16.5. The number of carboxylic acids is 1. The summed E-state index contributed by atoms with van der Waals surface area (Å²) in [7, 11) is 1.53. The quantitative estimate of drug-likeness (QED) is 0.815. The van der Waals surface area contributed by atoms with Gasteiger partial charge in [-0.15, -0.1) is 5.10 Å². The zero-order chi connectivity index (χ0) is 18.0. The first kappa shape index (κ1) is 16.9. The first-order valence-electron chi connectivity index (χ1n) is 7.92. The second kappa shape index (κ2) is 6.50. The third-order valence-electron chi connectivity index (χ3n) is 4.58. The van der Waals surface area contributed by atoms with E-state index in [1.54, 1.807) is 25.1 Å². The molecule has 1 aliphatic carbocycles. The predicted molar refractivity (Wildman–Crippen MR) is 87.6 cm³/mol. The molecule has 2 aromatic rings. The molecule has 132 valence electrons. The standard InChI is InChI=1S/C16H19N5O4/c1-10-18-19-20-21(10)12-8-11(4-5-13(12)25-2)17-14(22)9-16(15(23)24)6-3-7-16/h4-5,8H,3,6-7,9H2,1-2H3,(H,17,22)(H,23,24). The van der Waals surface area contributed by atoms with E-state index in [1.165, 1.54) is 11.8 Å². The summed E-state index contributed by atoms with van der Waals surface area (Å²) in [6, 6.07) is 5.07. The molecule has 25 heavy (non-hydrogen) atoms. The molecule has 3 rings (SSSR count). The number of hydrogen-bond acceptors (Lipinski definition) is 6. The Labute approximate surface area is 144 Å². The number of aryl methyl sites for hydroxylation is 1. The molecule has 0 spiro atoms. The number of carboxylic acid groups (broad SMARTS) is 1. The average molecular weight is 345 g/mol. The molecule has 0 saturated heterocycles. The van der Waals surface area contributed by atoms with Crippen molar-refractivity contribution in [2.24, 2.45) is 5.41 Å². The zero-order valence-corrected chi connectivity index (χ0v) is 14.0. The number of rotatable bonds is 6. The summed E-state index contributed by atoms with van der Waals surface area (Å²) < 4.78 is 6.82. The van der Waals surface area contributed by atoms with Gasteiger partial charge in [-0.3, -0.25) is 9.59 Å². The number of carbonyl (C=O) groups is 2. The van der Waals surface area contributed by atoms with Crippen molar-refractivity contribution >= 4 is 17.6 Å². The van der Waals surface area contributed by atoms with Crippen LogP contribution in [0.5, 0.6) is 5.75 Å². The van der Waals surface area contributed by atoms with Crippen molar-refractivity contribution in [3.63, 3.8) is 0 Å². The smallest absolute Gasteiger partial charge is 0.310 e. The molecule has 1 heterocycles. The number of ether oxygens (including phenoxy) is 1. The lowest BCUT2D eigenvalue weighted by Gasteiger charge is -2.36. The fourth-order valence-corrected chi connectivity index (χ4v) is 2.97. The fraction of sp³-hybridized carbons (Fsp3) is 0.438. The number of tetrazole rings is 1. The Morgan fingerprint density at radius 3 is 2.68 bits per heavy atom. The zero-order valence-electron chi connectivity index (χ0n) is 14.0. The fourth-order valence-electron chi connectivity index (χ4n) is 2.97. The summed E-state index contributed by atoms with van der Waals surface area (Å²) in [6.07, 6.45) is 1.87. The molecule has 0 atom stereocenters. The highest BCUT2D eigenvalue weighted by Crippen LogP contribution is 2.44. The molecule has 0 aliphatic heterocycles. The Hall–Kier alpha value is -2.97. The monoisotopic (exact) mass is 345 g/mol. The van der Waals surface area contributed by atoms with Crippen LogP contribution in [0.25, 0.3) is 5.69 Å². The Bertz CT molecular complexity index is 813. The van der Waals surface area contributed by atoms with Crippen molar-refractivity contribution in [2.45, 2.75) is 32.6 Å². The molecule has 9 heteroatoms. The number of carbonyl (C=O) groups excluding carboxylic acids is 1. The Morgan fingerprint density at radius 2 is 2.16 bits per heavy atom. The van der Waals surface area contributed by atoms with Gasteiger partial charge in [-0.05, 0) is 48.4 Å². The summed E-state index contributed by atoms with van der Waals surface area (Å²) in [5.41, 5.74) is 0.182. The Balaban J connectivity index is 1.80. The van der Waals surface area contributed by atoms with Crippen LogP contribution >= 0.6 is 0 Å². The second-order valence-corrected chi connectivity index (χ2v) is 6.19. The van der Waals surface area contributed by atoms with Gasteiger partial charge >= 0.3 is 5.97 Å². The lowest BCUT2D eigenvalue weighted by molar-refractivity contribution is -0.157. The van der Waals surface area contributed by atoms with Crippen LogP contribution in [0.4, 0.5) is 5.69 Å². The number of anilines is 1. The van der Waals surface area contributed by atoms with Crippen LogP contribution in [0.15, 0.2) is 18.2 Å². The number of amides is 1. The van der Waals surface area contributed by atoms with E-state index in [2.05, 4.69) is 20.8 Å². The van der Waals surface area contributed by atoms with E-state index in [0.717, 1.165) is 6.42 Å². The molecule has 0 bridgehead atoms. The van der Waals surface area contributed by atoms with Crippen LogP contribution in [0, 0.1) is 12.3 Å². The number of benzene rings is 1. The van der Waals surface area contributed by atoms with Crippen LogP contribution in [-0.4, -0.2) is 44.3 Å². The number of hydrogen-bond donors (Lipinski definition) is 2. The predicted octanol–water partition coefficient (Wildman–Crippen LogP) is 1.56. The summed E-state index contributed by atoms with van der Waals surface area (Å²) in [4.78, 5) is 23.7. The molecule has 9 nitrogen and oxygen atoms in total. The number of aromatic nitrogens is 4. The van der Waals surface area contributed by atoms with Crippen LogP contribution < -0.4 is 10.1 Å². The Kier molecular flexibility index (Phi) is 4.39. The molecular weight excluding hydrogens is 326 g/mol. The summed E-state index contributed by atoms with van der Waals surface area (Å²) in [6.45, 7) is 1.75. The van der Waals surface area contributed by atoms with E-state index in [4.69, 9.17) is 4.74 Å². The highest BCUT2D eigenvalue weighted by molar-refractivity contribution is 5.95. The SMILES string of the molecule is COc1ccc(NC(=O)CC2(C(=O)O)CCC2)cc1-n1nnnc1C. The molecule has 2 N–H and O–H groups in total. The minimum atomic E-state index is -0.925. The van der Waals surface area contributed by atoms with Gasteiger partial charge in [-0.2, -0.15) is 4.68 Å². The Morgan fingerprint density at radius 1 is 1.40 bits per heavy atom. The maximum atomic E-state index is 12.3. The molecule has 0 unspecified atom stereocenters. The van der Waals surface area contributed by atoms with Gasteiger partial charge in [0.05, 0.1) is 12.5 Å². The normalized spacial score (nSPS) is 15.3. The number of methoxy groups -OCH3 is 1. The third kappa shape index (κ3) is 3.17. The van der Waals surface area contributed by atoms with Gasteiger partial charge < -0.3 is 15.2 Å². The number of nitrogens with zero attached hydrogens (tertiary/aromatic N) is 4. The number of nitrogens with one attached hydrogen (secondary N) is 1. The minimum absolute atomic E-state index is 0.0341. The van der Waals surface area contributed by atoms with Gasteiger partial charge in [-0.1, -0.05) is 6.42 Å². The molecule has 1 amide bonds. The van der Waals surface area contributed by atoms with Crippen LogP contribution in [0.3, 0.4) is 0 Å². The molecule has 1 aliphatic rings. The van der Waals surface area contributed by atoms with Crippen LogP contribution in [0.2, 0.25) is 0 Å². The van der Waals surface area contributed by atoms with Crippen molar-refractivity contribution < 1.29 is 19.4 Å². The van der Waals surface area contributed by atoms with Crippen molar-refractivity contribution in [2.75, 3.05) is 12.4 Å². The molecule has 1 aromatic heterocycles. The topological polar surface area (TPSA) is 119 Å². The largest absolute Gasteiger partial charge is 0.494 e. The van der Waals surface area contributed by atoms with Crippen LogP contribution in [-0.2, 0) is 9.59 Å². The molecule has 1 aromatic carbocycles. The van der Waals surface area contributed by atoms with Crippen LogP contribution in [0.1, 0.15) is 31.5 Å². The van der Waals surface area contributed by atoms with Gasteiger partial charge in [0.15, 0.2) is 5.82 Å². The maximum absolute atomic E-state index is 12.3. The maximum Gasteiger partial charge on any atom is 0.310 e. The minimum Gasteiger partial charge on any atom is -0.494 e.